The molecule has 0 saturated heterocycles. The summed E-state index contributed by atoms with van der Waals surface area (Å²) in [5.41, 5.74) is 6.24. The average Bonchev–Trinajstić information content (AvgIpc) is 3.39. The van der Waals surface area contributed by atoms with Gasteiger partial charge in [0, 0.05) is 29.1 Å². The Morgan fingerprint density at radius 2 is 1.42 bits per heavy atom. The standard InChI is InChI=1S/C26H20N4O3/c1-17-24(26(31)28-27-17)22-16-23(18-8-4-2-5-9-18)29(25(22)19-10-6-3-7-11-19)20-12-14-21(15-13-20)30(32)33/h2-16H,1H3,(H2,27,28,31). The highest BCUT2D eigenvalue weighted by atomic mass is 16.6. The van der Waals surface area contributed by atoms with E-state index >= 15 is 0 Å². The Morgan fingerprint density at radius 1 is 0.818 bits per heavy atom. The molecule has 0 unspecified atom stereocenters. The minimum Gasteiger partial charge on any atom is -0.309 e. The molecule has 0 aliphatic carbocycles. The summed E-state index contributed by atoms with van der Waals surface area (Å²) < 4.78 is 2.05. The molecule has 7 nitrogen and oxygen atoms in total. The van der Waals surface area contributed by atoms with Crippen molar-refractivity contribution in [1.82, 2.24) is 14.8 Å². The first kappa shape index (κ1) is 20.3. The van der Waals surface area contributed by atoms with Gasteiger partial charge in [-0.05, 0) is 36.2 Å². The first-order valence-corrected chi connectivity index (χ1v) is 10.4. The van der Waals surface area contributed by atoms with Crippen LogP contribution >= 0.6 is 0 Å². The van der Waals surface area contributed by atoms with E-state index in [0.717, 1.165) is 39.5 Å². The molecule has 0 fully saturated rings. The molecule has 0 aliphatic heterocycles. The summed E-state index contributed by atoms with van der Waals surface area (Å²) in [6, 6.07) is 28.1. The van der Waals surface area contributed by atoms with Crippen molar-refractivity contribution in [1.29, 1.82) is 0 Å². The van der Waals surface area contributed by atoms with Crippen molar-refractivity contribution in [3.8, 4) is 39.3 Å². The quantitative estimate of drug-likeness (QED) is 0.273. The average molecular weight is 436 g/mol. The molecule has 0 aliphatic rings. The molecule has 0 bridgehead atoms. The molecule has 0 saturated carbocycles. The molecule has 5 rings (SSSR count). The number of rotatable bonds is 5. The van der Waals surface area contributed by atoms with Crippen LogP contribution < -0.4 is 5.56 Å². The summed E-state index contributed by atoms with van der Waals surface area (Å²) in [6.07, 6.45) is 0. The van der Waals surface area contributed by atoms with Crippen LogP contribution in [0.15, 0.2) is 95.8 Å². The molecule has 33 heavy (non-hydrogen) atoms. The van der Waals surface area contributed by atoms with Crippen LogP contribution in [0, 0.1) is 17.0 Å². The number of aromatic nitrogens is 3. The summed E-state index contributed by atoms with van der Waals surface area (Å²) in [6.45, 7) is 1.85. The summed E-state index contributed by atoms with van der Waals surface area (Å²) in [4.78, 5) is 23.6. The molecule has 3 aromatic carbocycles. The molecule has 2 aromatic heterocycles. The van der Waals surface area contributed by atoms with Crippen molar-refractivity contribution in [2.24, 2.45) is 0 Å². The molecule has 7 heteroatoms. The first-order valence-electron chi connectivity index (χ1n) is 10.4. The highest BCUT2D eigenvalue weighted by Crippen LogP contribution is 2.41. The molecule has 5 aromatic rings. The third-order valence-electron chi connectivity index (χ3n) is 5.67. The van der Waals surface area contributed by atoms with Crippen molar-refractivity contribution in [3.05, 3.63) is 117 Å². The summed E-state index contributed by atoms with van der Waals surface area (Å²) in [7, 11) is 0. The van der Waals surface area contributed by atoms with Crippen molar-refractivity contribution in [2.75, 3.05) is 0 Å². The maximum Gasteiger partial charge on any atom is 0.272 e. The maximum absolute atomic E-state index is 12.8. The van der Waals surface area contributed by atoms with Gasteiger partial charge in [0.15, 0.2) is 0 Å². The van der Waals surface area contributed by atoms with Gasteiger partial charge in [-0.15, -0.1) is 0 Å². The number of aryl methyl sites for hydroxylation is 1. The van der Waals surface area contributed by atoms with Gasteiger partial charge in [0.05, 0.1) is 21.9 Å². The van der Waals surface area contributed by atoms with Gasteiger partial charge in [-0.3, -0.25) is 20.0 Å². The Labute approximate surface area is 189 Å². The molecule has 0 spiro atoms. The lowest BCUT2D eigenvalue weighted by Crippen LogP contribution is -2.04. The number of H-pyrrole nitrogens is 2. The Bertz CT molecular complexity index is 1500. The minimum atomic E-state index is -0.413. The van der Waals surface area contributed by atoms with E-state index in [1.807, 2.05) is 73.7 Å². The highest BCUT2D eigenvalue weighted by Gasteiger charge is 2.24. The van der Waals surface area contributed by atoms with Crippen molar-refractivity contribution < 1.29 is 4.92 Å². The monoisotopic (exact) mass is 436 g/mol. The Hall–Kier alpha value is -4.65. The number of aromatic amines is 2. The largest absolute Gasteiger partial charge is 0.309 e. The van der Waals surface area contributed by atoms with Gasteiger partial charge in [0.2, 0.25) is 0 Å². The molecular formula is C26H20N4O3. The number of nitrogens with one attached hydrogen (secondary N) is 2. The van der Waals surface area contributed by atoms with Crippen LogP contribution in [0.4, 0.5) is 5.69 Å². The fourth-order valence-corrected chi connectivity index (χ4v) is 4.16. The lowest BCUT2D eigenvalue weighted by molar-refractivity contribution is -0.384. The van der Waals surface area contributed by atoms with Gasteiger partial charge >= 0.3 is 0 Å². The highest BCUT2D eigenvalue weighted by molar-refractivity contribution is 5.89. The van der Waals surface area contributed by atoms with Gasteiger partial charge in [-0.25, -0.2) is 0 Å². The summed E-state index contributed by atoms with van der Waals surface area (Å²) >= 11 is 0. The number of hydrogen-bond donors (Lipinski definition) is 2. The normalized spacial score (nSPS) is 10.9. The van der Waals surface area contributed by atoms with Crippen LogP contribution in [0.5, 0.6) is 0 Å². The molecular weight excluding hydrogens is 416 g/mol. The Kier molecular flexibility index (Phi) is 4.99. The van der Waals surface area contributed by atoms with E-state index in [2.05, 4.69) is 14.8 Å². The molecule has 0 radical (unpaired) electrons. The van der Waals surface area contributed by atoms with Crippen LogP contribution in [0.3, 0.4) is 0 Å². The SMILES string of the molecule is Cc1[nH][nH]c(=O)c1-c1cc(-c2ccccc2)n(-c2ccc([N+](=O)[O-])cc2)c1-c1ccccc1. The topological polar surface area (TPSA) is 96.7 Å². The third kappa shape index (κ3) is 3.55. The number of nitro benzene ring substituents is 1. The second kappa shape index (κ2) is 8.12. The molecule has 2 N–H and O–H groups in total. The summed E-state index contributed by atoms with van der Waals surface area (Å²) in [5.74, 6) is 0. The van der Waals surface area contributed by atoms with Gasteiger partial charge in [0.1, 0.15) is 0 Å². The Balaban J connectivity index is 1.89. The van der Waals surface area contributed by atoms with Crippen LogP contribution in [0.2, 0.25) is 0 Å². The molecule has 162 valence electrons. The second-order valence-corrected chi connectivity index (χ2v) is 7.71. The van der Waals surface area contributed by atoms with E-state index in [0.29, 0.717) is 5.56 Å². The lowest BCUT2D eigenvalue weighted by atomic mass is 10.0. The predicted molar refractivity (Wildman–Crippen MR) is 128 cm³/mol. The number of nitrogens with zero attached hydrogens (tertiary/aromatic N) is 2. The number of non-ortho nitro benzene ring substituents is 1. The number of benzene rings is 3. The lowest BCUT2D eigenvalue weighted by Gasteiger charge is -2.15. The van der Waals surface area contributed by atoms with Gasteiger partial charge in [-0.2, -0.15) is 0 Å². The van der Waals surface area contributed by atoms with Gasteiger partial charge < -0.3 is 9.67 Å². The molecule has 0 amide bonds. The van der Waals surface area contributed by atoms with Crippen molar-refractivity contribution in [3.63, 3.8) is 0 Å². The Morgan fingerprint density at radius 3 is 1.97 bits per heavy atom. The van der Waals surface area contributed by atoms with E-state index in [1.54, 1.807) is 12.1 Å². The third-order valence-corrected chi connectivity index (χ3v) is 5.67. The van der Waals surface area contributed by atoms with Crippen molar-refractivity contribution in [2.45, 2.75) is 6.92 Å². The molecule has 0 atom stereocenters. The van der Waals surface area contributed by atoms with Gasteiger partial charge in [0.25, 0.3) is 11.2 Å². The fourth-order valence-electron chi connectivity index (χ4n) is 4.16. The smallest absolute Gasteiger partial charge is 0.272 e. The van der Waals surface area contributed by atoms with E-state index in [1.165, 1.54) is 12.1 Å². The van der Waals surface area contributed by atoms with Crippen molar-refractivity contribution >= 4 is 5.69 Å². The van der Waals surface area contributed by atoms with Crippen LogP contribution in [-0.4, -0.2) is 19.7 Å². The van der Waals surface area contributed by atoms with Crippen LogP contribution in [0.1, 0.15) is 5.69 Å². The van der Waals surface area contributed by atoms with E-state index in [4.69, 9.17) is 0 Å². The zero-order valence-electron chi connectivity index (χ0n) is 17.8. The second-order valence-electron chi connectivity index (χ2n) is 7.71. The fraction of sp³-hybridized carbons (Fsp3) is 0.0385. The van der Waals surface area contributed by atoms with Crippen LogP contribution in [-0.2, 0) is 0 Å². The van der Waals surface area contributed by atoms with E-state index in [-0.39, 0.29) is 11.2 Å². The number of hydrogen-bond acceptors (Lipinski definition) is 3. The zero-order valence-corrected chi connectivity index (χ0v) is 17.8. The zero-order chi connectivity index (χ0) is 22.9. The van der Waals surface area contributed by atoms with Gasteiger partial charge in [-0.1, -0.05) is 60.7 Å². The maximum atomic E-state index is 12.8. The van der Waals surface area contributed by atoms with E-state index in [9.17, 15) is 14.9 Å². The van der Waals surface area contributed by atoms with Crippen LogP contribution in [0.25, 0.3) is 39.3 Å². The summed E-state index contributed by atoms with van der Waals surface area (Å²) in [5, 5.41) is 16.8. The predicted octanol–water partition coefficient (Wildman–Crippen LogP) is 5.71. The minimum absolute atomic E-state index is 0.0200. The first-order chi connectivity index (χ1) is 16.0. The van der Waals surface area contributed by atoms with E-state index < -0.39 is 4.92 Å². The number of nitro groups is 1. The molecule has 2 heterocycles.